The van der Waals surface area contributed by atoms with E-state index >= 15 is 0 Å². The summed E-state index contributed by atoms with van der Waals surface area (Å²) in [5, 5.41) is 11.2. The number of fused-ring (bicyclic) bond motifs is 5. The average Bonchev–Trinajstić information content (AvgIpc) is 3.76. The van der Waals surface area contributed by atoms with Gasteiger partial charge in [-0.2, -0.15) is 0 Å². The molecule has 0 spiro atoms. The SMILES string of the molecule is CO[PH]1(O)OCC2OC(n3cnc4c(N)ncnc43)C(O)C2OP(=O)(O)OCC2CC(O1)C(n1cnc3c(=O)[nH]c(N)nc31)O2. The van der Waals surface area contributed by atoms with E-state index in [1.54, 1.807) is 0 Å². The second kappa shape index (κ2) is 11.2. The van der Waals surface area contributed by atoms with Crippen LogP contribution in [0.4, 0.5) is 11.8 Å². The van der Waals surface area contributed by atoms with Gasteiger partial charge in [-0.3, -0.25) is 0 Å². The summed E-state index contributed by atoms with van der Waals surface area (Å²) in [6, 6.07) is 0. The number of aromatic amines is 1. The molecule has 8 unspecified atom stereocenters. The van der Waals surface area contributed by atoms with Crippen LogP contribution in [0.25, 0.3) is 22.3 Å². The zero-order valence-corrected chi connectivity index (χ0v) is 25.0. The number of ether oxygens (including phenoxy) is 2. The van der Waals surface area contributed by atoms with Gasteiger partial charge < -0.3 is 0 Å². The van der Waals surface area contributed by atoms with Crippen molar-refractivity contribution in [3.8, 4) is 0 Å². The first-order valence-corrected chi connectivity index (χ1v) is 16.5. The molecule has 3 aliphatic heterocycles. The Kier molecular flexibility index (Phi) is 7.59. The number of anilines is 2. The number of phosphoric acid groups is 1. The number of hydrogen-bond donors (Lipinski definition) is 6. The van der Waals surface area contributed by atoms with Crippen LogP contribution in [0.3, 0.4) is 0 Å². The van der Waals surface area contributed by atoms with Gasteiger partial charge in [0, 0.05) is 0 Å². The number of aliphatic hydroxyl groups is 1. The molecule has 2 bridgehead atoms. The first-order chi connectivity index (χ1) is 21.4. The number of nitrogens with two attached hydrogens (primary N) is 2. The fourth-order valence-electron chi connectivity index (χ4n) is 5.45. The quantitative estimate of drug-likeness (QED) is 0.137. The van der Waals surface area contributed by atoms with Crippen LogP contribution in [0.1, 0.15) is 18.9 Å². The number of rotatable bonds is 3. The fourth-order valence-corrected chi connectivity index (χ4v) is 7.69. The number of nitrogens with zero attached hydrogens (tertiary/aromatic N) is 7. The van der Waals surface area contributed by atoms with Gasteiger partial charge >= 0.3 is 251 Å². The number of aromatic nitrogens is 8. The molecule has 3 saturated heterocycles. The Hall–Kier alpha value is -3.24. The van der Waals surface area contributed by atoms with E-state index in [2.05, 4.69) is 29.9 Å². The molecule has 0 saturated carbocycles. The van der Waals surface area contributed by atoms with Crippen molar-refractivity contribution in [2.24, 2.45) is 0 Å². The molecule has 0 radical (unpaired) electrons. The number of H-pyrrole nitrogens is 1. The van der Waals surface area contributed by atoms with Crippen molar-refractivity contribution in [2.75, 3.05) is 31.8 Å². The van der Waals surface area contributed by atoms with Crippen molar-refractivity contribution < 1.29 is 51.6 Å². The molecular formula is C21H28N10O12P2. The third kappa shape index (κ3) is 5.47. The van der Waals surface area contributed by atoms with E-state index in [-0.39, 0.29) is 40.5 Å². The molecule has 3 aliphatic rings. The van der Waals surface area contributed by atoms with Gasteiger partial charge in [-0.25, -0.2) is 0 Å². The Balaban J connectivity index is 1.20. The minimum atomic E-state index is -4.89. The molecule has 244 valence electrons. The zero-order valence-electron chi connectivity index (χ0n) is 23.1. The van der Waals surface area contributed by atoms with Gasteiger partial charge in [0.15, 0.2) is 0 Å². The Morgan fingerprint density at radius 1 is 1.07 bits per heavy atom. The monoisotopic (exact) mass is 674 g/mol. The van der Waals surface area contributed by atoms with Gasteiger partial charge in [0.05, 0.1) is 0 Å². The second-order valence-electron chi connectivity index (χ2n) is 10.3. The van der Waals surface area contributed by atoms with Crippen molar-refractivity contribution >= 4 is 50.1 Å². The summed E-state index contributed by atoms with van der Waals surface area (Å²) in [5.74, 6) is -0.0951. The molecule has 3 fully saturated rings. The molecule has 4 aromatic heterocycles. The summed E-state index contributed by atoms with van der Waals surface area (Å²) in [4.78, 5) is 57.1. The van der Waals surface area contributed by atoms with E-state index in [1.807, 2.05) is 0 Å². The van der Waals surface area contributed by atoms with E-state index in [4.69, 9.17) is 43.6 Å². The number of aliphatic hydroxyl groups excluding tert-OH is 1. The Morgan fingerprint density at radius 3 is 2.60 bits per heavy atom. The van der Waals surface area contributed by atoms with Crippen LogP contribution >= 0.6 is 16.0 Å². The molecule has 0 aromatic carbocycles. The summed E-state index contributed by atoms with van der Waals surface area (Å²) < 4.78 is 55.5. The summed E-state index contributed by atoms with van der Waals surface area (Å²) >= 11 is 0. The van der Waals surface area contributed by atoms with E-state index in [0.29, 0.717) is 0 Å². The number of nitrogens with one attached hydrogen (secondary N) is 1. The Morgan fingerprint density at radius 2 is 1.82 bits per heavy atom. The van der Waals surface area contributed by atoms with Crippen molar-refractivity contribution in [1.29, 1.82) is 0 Å². The summed E-state index contributed by atoms with van der Waals surface area (Å²) in [7, 11) is -8.26. The average molecular weight is 674 g/mol. The standard InChI is InChI=1S/C21H28N10O12P2/c1-37-45(36)39-4-10-14(13(32)20(41-10)30-6-26-11-15(22)24-5-25-16(11)30)43-44(34,35)38-3-8-2-9(42-45)19(40-8)31-7-27-12-17(31)28-21(23)29-18(12)33/h5-10,13-14,19-20,32,36,45H,2-4H2,1H3,(H,34,35)(H2,22,24,25)(H3,23,28,29,33). The maximum absolute atomic E-state index is 13.1. The molecule has 8 N–H and O–H groups in total. The predicted molar refractivity (Wildman–Crippen MR) is 150 cm³/mol. The zero-order chi connectivity index (χ0) is 31.7. The molecule has 4 aromatic rings. The molecule has 7 heterocycles. The van der Waals surface area contributed by atoms with Crippen LogP contribution < -0.4 is 17.0 Å². The van der Waals surface area contributed by atoms with Crippen LogP contribution in [0.2, 0.25) is 0 Å². The number of nitrogen functional groups attached to an aromatic ring is 2. The van der Waals surface area contributed by atoms with Gasteiger partial charge in [0.2, 0.25) is 0 Å². The number of phosphoric ester groups is 1. The molecule has 0 amide bonds. The molecular weight excluding hydrogens is 646 g/mol. The molecule has 22 nitrogen and oxygen atoms in total. The van der Waals surface area contributed by atoms with Crippen molar-refractivity contribution in [1.82, 2.24) is 39.0 Å². The fraction of sp³-hybridized carbons (Fsp3) is 0.524. The third-order valence-electron chi connectivity index (χ3n) is 7.51. The summed E-state index contributed by atoms with van der Waals surface area (Å²) in [5.41, 5.74) is 11.5. The van der Waals surface area contributed by atoms with Gasteiger partial charge in [-0.1, -0.05) is 0 Å². The minimum absolute atomic E-state index is 0.00219. The first-order valence-electron chi connectivity index (χ1n) is 13.3. The van der Waals surface area contributed by atoms with E-state index in [9.17, 15) is 24.3 Å². The van der Waals surface area contributed by atoms with Crippen LogP contribution in [-0.4, -0.2) is 105 Å². The molecule has 45 heavy (non-hydrogen) atoms. The maximum atomic E-state index is 13.1. The molecule has 24 heteroatoms. The van der Waals surface area contributed by atoms with Crippen LogP contribution in [0.15, 0.2) is 23.8 Å². The number of imidazole rings is 2. The van der Waals surface area contributed by atoms with Crippen molar-refractivity contribution in [2.45, 2.75) is 49.4 Å². The molecule has 8 atom stereocenters. The van der Waals surface area contributed by atoms with Gasteiger partial charge in [-0.15, -0.1) is 0 Å². The van der Waals surface area contributed by atoms with Crippen molar-refractivity contribution in [3.05, 3.63) is 29.3 Å². The Bertz CT molecular complexity index is 1860. The third-order valence-corrected chi connectivity index (χ3v) is 10.1. The summed E-state index contributed by atoms with van der Waals surface area (Å²) in [6.45, 7) is -1.03. The summed E-state index contributed by atoms with van der Waals surface area (Å²) in [6.07, 6.45) is -4.91. The predicted octanol–water partition coefficient (Wildman–Crippen LogP) is -1.36. The number of hydrogen-bond acceptors (Lipinski definition) is 18. The normalized spacial score (nSPS) is 34.6. The molecule has 0 aliphatic carbocycles. The van der Waals surface area contributed by atoms with E-state index in [0.717, 1.165) is 7.11 Å². The second-order valence-corrected chi connectivity index (χ2v) is 13.7. The van der Waals surface area contributed by atoms with Crippen molar-refractivity contribution in [3.63, 3.8) is 0 Å². The van der Waals surface area contributed by atoms with Gasteiger partial charge in [0.25, 0.3) is 0 Å². The Labute approximate surface area is 251 Å². The molecule has 7 rings (SSSR count). The topological polar surface area (TPSA) is 302 Å². The van der Waals surface area contributed by atoms with Crippen LogP contribution in [-0.2, 0) is 36.7 Å². The van der Waals surface area contributed by atoms with Gasteiger partial charge in [-0.05, 0) is 0 Å². The van der Waals surface area contributed by atoms with E-state index < -0.39 is 77.7 Å². The first kappa shape index (κ1) is 30.4. The van der Waals surface area contributed by atoms with E-state index in [1.165, 1.54) is 28.1 Å². The van der Waals surface area contributed by atoms with Gasteiger partial charge in [0.1, 0.15) is 0 Å². The van der Waals surface area contributed by atoms with Crippen LogP contribution in [0.5, 0.6) is 0 Å². The van der Waals surface area contributed by atoms with Crippen LogP contribution in [0, 0.1) is 0 Å².